The molecule has 0 aliphatic rings. The van der Waals surface area contributed by atoms with Crippen molar-refractivity contribution in [1.82, 2.24) is 15.3 Å². The van der Waals surface area contributed by atoms with E-state index in [4.69, 9.17) is 0 Å². The van der Waals surface area contributed by atoms with Crippen LogP contribution < -0.4 is 10.6 Å². The molecule has 2 aromatic heterocycles. The number of nitrogens with zero attached hydrogens (tertiary/aromatic N) is 2. The molecule has 0 aliphatic heterocycles. The van der Waals surface area contributed by atoms with Crippen LogP contribution in [0.25, 0.3) is 0 Å². The smallest absolute Gasteiger partial charge is 0.270 e. The fourth-order valence-electron chi connectivity index (χ4n) is 2.05. The van der Waals surface area contributed by atoms with E-state index in [9.17, 15) is 4.79 Å². The van der Waals surface area contributed by atoms with Crippen LogP contribution in [-0.2, 0) is 6.42 Å². The summed E-state index contributed by atoms with van der Waals surface area (Å²) in [6.45, 7) is 0.589. The zero-order valence-electron chi connectivity index (χ0n) is 12.4. The van der Waals surface area contributed by atoms with Crippen LogP contribution >= 0.6 is 11.3 Å². The first-order valence-corrected chi connectivity index (χ1v) is 8.14. The average molecular weight is 324 g/mol. The highest BCUT2D eigenvalue weighted by Crippen LogP contribution is 2.20. The van der Waals surface area contributed by atoms with Gasteiger partial charge in [0, 0.05) is 18.1 Å². The molecule has 0 fully saturated rings. The lowest BCUT2D eigenvalue weighted by Crippen LogP contribution is -2.25. The number of thiazole rings is 1. The van der Waals surface area contributed by atoms with E-state index >= 15 is 0 Å². The molecular formula is C17H16N4OS. The average Bonchev–Trinajstić information content (AvgIpc) is 3.05. The van der Waals surface area contributed by atoms with E-state index in [0.29, 0.717) is 17.4 Å². The third kappa shape index (κ3) is 4.37. The molecule has 0 spiro atoms. The monoisotopic (exact) mass is 324 g/mol. The van der Waals surface area contributed by atoms with Crippen LogP contribution in [0.2, 0.25) is 0 Å². The van der Waals surface area contributed by atoms with Crippen molar-refractivity contribution in [3.8, 4) is 0 Å². The Bertz CT molecular complexity index is 759. The van der Waals surface area contributed by atoms with Gasteiger partial charge in [0.2, 0.25) is 0 Å². The van der Waals surface area contributed by atoms with Crippen LogP contribution in [0.1, 0.15) is 16.1 Å². The highest BCUT2D eigenvalue weighted by atomic mass is 32.1. The summed E-state index contributed by atoms with van der Waals surface area (Å²) in [5, 5.41) is 8.43. The van der Waals surface area contributed by atoms with Gasteiger partial charge in [-0.25, -0.2) is 4.98 Å². The highest BCUT2D eigenvalue weighted by Gasteiger charge is 2.10. The molecule has 0 aliphatic carbocycles. The number of hydrogen-bond donors (Lipinski definition) is 2. The van der Waals surface area contributed by atoms with E-state index in [2.05, 4.69) is 20.6 Å². The first-order chi connectivity index (χ1) is 11.3. The fourth-order valence-corrected chi connectivity index (χ4v) is 2.76. The lowest BCUT2D eigenvalue weighted by molar-refractivity contribution is 0.0950. The van der Waals surface area contributed by atoms with Crippen molar-refractivity contribution in [3.05, 3.63) is 71.5 Å². The Labute approximate surface area is 138 Å². The lowest BCUT2D eigenvalue weighted by atomic mass is 10.1. The standard InChI is InChI=1S/C17H16N4OS/c22-16(19-10-8-13-5-2-1-3-6-13)15-12-23-17(21-15)20-14-7-4-9-18-11-14/h1-7,9,11-12H,8,10H2,(H,19,22)(H,20,21). The second-order valence-electron chi connectivity index (χ2n) is 4.90. The molecule has 0 saturated heterocycles. The quantitative estimate of drug-likeness (QED) is 0.730. The maximum atomic E-state index is 12.1. The summed E-state index contributed by atoms with van der Waals surface area (Å²) >= 11 is 1.39. The minimum Gasteiger partial charge on any atom is -0.350 e. The molecule has 2 N–H and O–H groups in total. The number of aromatic nitrogens is 2. The summed E-state index contributed by atoms with van der Waals surface area (Å²) in [6.07, 6.45) is 4.22. The van der Waals surface area contributed by atoms with Gasteiger partial charge in [-0.15, -0.1) is 11.3 Å². The van der Waals surface area contributed by atoms with E-state index < -0.39 is 0 Å². The van der Waals surface area contributed by atoms with Crippen molar-refractivity contribution >= 4 is 28.1 Å². The topological polar surface area (TPSA) is 66.9 Å². The number of rotatable bonds is 6. The van der Waals surface area contributed by atoms with Crippen molar-refractivity contribution in [2.45, 2.75) is 6.42 Å². The molecule has 1 amide bonds. The van der Waals surface area contributed by atoms with Crippen LogP contribution in [0.15, 0.2) is 60.2 Å². The van der Waals surface area contributed by atoms with Gasteiger partial charge in [0.1, 0.15) is 5.69 Å². The Balaban J connectivity index is 1.52. The van der Waals surface area contributed by atoms with Crippen molar-refractivity contribution < 1.29 is 4.79 Å². The molecule has 116 valence electrons. The van der Waals surface area contributed by atoms with Gasteiger partial charge in [0.25, 0.3) is 5.91 Å². The van der Waals surface area contributed by atoms with E-state index in [-0.39, 0.29) is 5.91 Å². The van der Waals surface area contributed by atoms with Gasteiger partial charge in [0.05, 0.1) is 11.9 Å². The van der Waals surface area contributed by atoms with E-state index in [1.165, 1.54) is 16.9 Å². The van der Waals surface area contributed by atoms with Crippen molar-refractivity contribution in [1.29, 1.82) is 0 Å². The molecule has 6 heteroatoms. The number of carbonyl (C=O) groups excluding carboxylic acids is 1. The Morgan fingerprint density at radius 1 is 1.13 bits per heavy atom. The van der Waals surface area contributed by atoms with Gasteiger partial charge in [-0.2, -0.15) is 0 Å². The number of carbonyl (C=O) groups is 1. The maximum absolute atomic E-state index is 12.1. The Morgan fingerprint density at radius 3 is 2.78 bits per heavy atom. The maximum Gasteiger partial charge on any atom is 0.270 e. The first-order valence-electron chi connectivity index (χ1n) is 7.26. The number of hydrogen-bond acceptors (Lipinski definition) is 5. The molecular weight excluding hydrogens is 308 g/mol. The Morgan fingerprint density at radius 2 is 2.00 bits per heavy atom. The van der Waals surface area contributed by atoms with Crippen LogP contribution in [0.4, 0.5) is 10.8 Å². The fraction of sp³-hybridized carbons (Fsp3) is 0.118. The van der Waals surface area contributed by atoms with Crippen LogP contribution in [0.5, 0.6) is 0 Å². The minimum atomic E-state index is -0.156. The number of anilines is 2. The molecule has 1 aromatic carbocycles. The SMILES string of the molecule is O=C(NCCc1ccccc1)c1csc(Nc2cccnc2)n1. The minimum absolute atomic E-state index is 0.156. The molecule has 5 nitrogen and oxygen atoms in total. The summed E-state index contributed by atoms with van der Waals surface area (Å²) < 4.78 is 0. The predicted molar refractivity (Wildman–Crippen MR) is 92.1 cm³/mol. The predicted octanol–water partition coefficient (Wildman–Crippen LogP) is 3.25. The van der Waals surface area contributed by atoms with Crippen LogP contribution in [0, 0.1) is 0 Å². The van der Waals surface area contributed by atoms with Crippen molar-refractivity contribution in [2.24, 2.45) is 0 Å². The van der Waals surface area contributed by atoms with Crippen LogP contribution in [-0.4, -0.2) is 22.4 Å². The molecule has 3 aromatic rings. The summed E-state index contributed by atoms with van der Waals surface area (Å²) in [5.74, 6) is -0.156. The summed E-state index contributed by atoms with van der Waals surface area (Å²) in [4.78, 5) is 20.4. The van der Waals surface area contributed by atoms with Gasteiger partial charge in [-0.1, -0.05) is 30.3 Å². The summed E-state index contributed by atoms with van der Waals surface area (Å²) in [5.41, 5.74) is 2.47. The largest absolute Gasteiger partial charge is 0.350 e. The molecule has 0 radical (unpaired) electrons. The van der Waals surface area contributed by atoms with E-state index in [1.807, 2.05) is 42.5 Å². The van der Waals surface area contributed by atoms with Crippen LogP contribution in [0.3, 0.4) is 0 Å². The molecule has 2 heterocycles. The number of benzene rings is 1. The number of pyridine rings is 1. The molecule has 23 heavy (non-hydrogen) atoms. The molecule has 0 saturated carbocycles. The van der Waals surface area contributed by atoms with E-state index in [0.717, 1.165) is 12.1 Å². The molecule has 0 atom stereocenters. The summed E-state index contributed by atoms with van der Waals surface area (Å²) in [7, 11) is 0. The Hall–Kier alpha value is -2.73. The molecule has 3 rings (SSSR count). The van der Waals surface area contributed by atoms with Gasteiger partial charge in [0.15, 0.2) is 5.13 Å². The zero-order chi connectivity index (χ0) is 15.9. The third-order valence-electron chi connectivity index (χ3n) is 3.19. The van der Waals surface area contributed by atoms with Gasteiger partial charge in [-0.05, 0) is 24.1 Å². The number of nitrogens with one attached hydrogen (secondary N) is 2. The van der Waals surface area contributed by atoms with Gasteiger partial charge in [-0.3, -0.25) is 9.78 Å². The zero-order valence-corrected chi connectivity index (χ0v) is 13.2. The van der Waals surface area contributed by atoms with Gasteiger partial charge < -0.3 is 10.6 Å². The molecule has 0 bridgehead atoms. The van der Waals surface area contributed by atoms with Crippen molar-refractivity contribution in [2.75, 3.05) is 11.9 Å². The molecule has 0 unspecified atom stereocenters. The lowest BCUT2D eigenvalue weighted by Gasteiger charge is -2.03. The second-order valence-corrected chi connectivity index (χ2v) is 5.75. The summed E-state index contributed by atoms with van der Waals surface area (Å²) in [6, 6.07) is 13.8. The third-order valence-corrected chi connectivity index (χ3v) is 3.95. The normalized spacial score (nSPS) is 10.3. The number of amides is 1. The second kappa shape index (κ2) is 7.51. The van der Waals surface area contributed by atoms with Gasteiger partial charge >= 0.3 is 0 Å². The van der Waals surface area contributed by atoms with E-state index in [1.54, 1.807) is 17.8 Å². The highest BCUT2D eigenvalue weighted by molar-refractivity contribution is 7.14. The van der Waals surface area contributed by atoms with Crippen molar-refractivity contribution in [3.63, 3.8) is 0 Å². The Kier molecular flexibility index (Phi) is 4.95. The first kappa shape index (κ1) is 15.2.